The molecule has 0 aromatic carbocycles. The summed E-state index contributed by atoms with van der Waals surface area (Å²) >= 11 is 0. The number of pyridine rings is 1. The van der Waals surface area contributed by atoms with E-state index in [0.717, 1.165) is 50.2 Å². The van der Waals surface area contributed by atoms with Gasteiger partial charge >= 0.3 is 0 Å². The van der Waals surface area contributed by atoms with Gasteiger partial charge in [-0.3, -0.25) is 4.79 Å². The maximum absolute atomic E-state index is 12.3. The number of nitrogens with zero attached hydrogens (tertiary/aromatic N) is 1. The maximum Gasteiger partial charge on any atom is 0.240 e. The molecule has 1 unspecified atom stereocenters. The van der Waals surface area contributed by atoms with Crippen LogP contribution in [0.15, 0.2) is 18.3 Å². The lowest BCUT2D eigenvalue weighted by Crippen LogP contribution is -2.53. The van der Waals surface area contributed by atoms with Gasteiger partial charge in [0.05, 0.1) is 5.54 Å². The van der Waals surface area contributed by atoms with Crippen LogP contribution in [0.4, 0.5) is 5.82 Å². The molecule has 0 radical (unpaired) electrons. The number of hydrogen-bond donors (Lipinski definition) is 3. The van der Waals surface area contributed by atoms with Crippen molar-refractivity contribution in [1.82, 2.24) is 15.6 Å². The second-order valence-corrected chi connectivity index (χ2v) is 5.72. The first-order valence-corrected chi connectivity index (χ1v) is 7.86. The fourth-order valence-corrected chi connectivity index (χ4v) is 2.71. The van der Waals surface area contributed by atoms with E-state index in [2.05, 4.69) is 27.9 Å². The average Bonchev–Trinajstić information content (AvgIpc) is 2.99. The van der Waals surface area contributed by atoms with Crippen molar-refractivity contribution < 1.29 is 4.79 Å². The van der Waals surface area contributed by atoms with E-state index in [4.69, 9.17) is 0 Å². The van der Waals surface area contributed by atoms with E-state index in [1.165, 1.54) is 0 Å². The topological polar surface area (TPSA) is 66.0 Å². The summed E-state index contributed by atoms with van der Waals surface area (Å²) < 4.78 is 0. The number of aromatic nitrogens is 1. The van der Waals surface area contributed by atoms with Gasteiger partial charge in [-0.2, -0.15) is 0 Å². The molecule has 0 saturated carbocycles. The van der Waals surface area contributed by atoms with Crippen LogP contribution in [0.5, 0.6) is 0 Å². The minimum absolute atomic E-state index is 0. The number of anilines is 1. The van der Waals surface area contributed by atoms with Crippen molar-refractivity contribution in [3.63, 3.8) is 0 Å². The van der Waals surface area contributed by atoms with E-state index in [1.807, 2.05) is 25.3 Å². The van der Waals surface area contributed by atoms with Crippen LogP contribution in [0, 0.1) is 6.92 Å². The van der Waals surface area contributed by atoms with Crippen molar-refractivity contribution in [2.24, 2.45) is 0 Å². The SMILES string of the molecule is CCC1(C(=O)NCCCNc2ccc(C)cn2)CCCN1.Cl.Cl. The Kier molecular flexibility index (Phi) is 10.2. The summed E-state index contributed by atoms with van der Waals surface area (Å²) in [5.74, 6) is 1.03. The summed E-state index contributed by atoms with van der Waals surface area (Å²) in [5, 5.41) is 9.66. The van der Waals surface area contributed by atoms with Crippen LogP contribution in [-0.4, -0.2) is 36.1 Å². The Morgan fingerprint density at radius 1 is 1.35 bits per heavy atom. The van der Waals surface area contributed by atoms with Gasteiger partial charge in [0.1, 0.15) is 5.82 Å². The Bertz CT molecular complexity index is 462. The van der Waals surface area contributed by atoms with Crippen LogP contribution in [0.3, 0.4) is 0 Å². The van der Waals surface area contributed by atoms with Crippen LogP contribution < -0.4 is 16.0 Å². The van der Waals surface area contributed by atoms with Gasteiger partial charge in [0, 0.05) is 19.3 Å². The molecule has 1 aliphatic rings. The molecule has 0 spiro atoms. The standard InChI is InChI=1S/C16H26N4O.2ClH/c1-3-16(8-4-11-20-16)15(21)18-10-5-9-17-14-7-6-13(2)12-19-14;;/h6-7,12,20H,3-5,8-11H2,1-2H3,(H,17,19)(H,18,21);2*1H. The molecule has 23 heavy (non-hydrogen) atoms. The fourth-order valence-electron chi connectivity index (χ4n) is 2.71. The molecule has 2 rings (SSSR count). The van der Waals surface area contributed by atoms with Crippen molar-refractivity contribution in [2.75, 3.05) is 25.0 Å². The van der Waals surface area contributed by atoms with Gasteiger partial charge in [0.25, 0.3) is 0 Å². The molecule has 1 fully saturated rings. The second kappa shape index (κ2) is 10.7. The third-order valence-electron chi connectivity index (χ3n) is 4.14. The van der Waals surface area contributed by atoms with Crippen LogP contribution in [0.2, 0.25) is 0 Å². The smallest absolute Gasteiger partial charge is 0.240 e. The van der Waals surface area contributed by atoms with Crippen molar-refractivity contribution in [3.05, 3.63) is 23.9 Å². The summed E-state index contributed by atoms with van der Waals surface area (Å²) in [6, 6.07) is 4.01. The number of halogens is 2. The summed E-state index contributed by atoms with van der Waals surface area (Å²) in [5.41, 5.74) is 0.827. The Morgan fingerprint density at radius 2 is 2.13 bits per heavy atom. The highest BCUT2D eigenvalue weighted by molar-refractivity contribution is 5.86. The molecular formula is C16H28Cl2N4O. The van der Waals surface area contributed by atoms with Gasteiger partial charge in [-0.05, 0) is 50.8 Å². The van der Waals surface area contributed by atoms with Gasteiger partial charge in [-0.1, -0.05) is 13.0 Å². The number of carbonyl (C=O) groups is 1. The Morgan fingerprint density at radius 3 is 2.70 bits per heavy atom. The van der Waals surface area contributed by atoms with Gasteiger partial charge in [0.2, 0.25) is 5.91 Å². The highest BCUT2D eigenvalue weighted by Gasteiger charge is 2.38. The predicted molar refractivity (Wildman–Crippen MR) is 99.8 cm³/mol. The zero-order valence-corrected chi connectivity index (χ0v) is 15.5. The predicted octanol–water partition coefficient (Wildman–Crippen LogP) is 2.68. The van der Waals surface area contributed by atoms with Crippen LogP contribution >= 0.6 is 24.8 Å². The van der Waals surface area contributed by atoms with Crippen molar-refractivity contribution in [1.29, 1.82) is 0 Å². The molecule has 1 atom stereocenters. The van der Waals surface area contributed by atoms with Gasteiger partial charge in [0.15, 0.2) is 0 Å². The molecule has 1 amide bonds. The van der Waals surface area contributed by atoms with E-state index in [1.54, 1.807) is 0 Å². The van der Waals surface area contributed by atoms with E-state index in [-0.39, 0.29) is 36.3 Å². The lowest BCUT2D eigenvalue weighted by molar-refractivity contribution is -0.127. The van der Waals surface area contributed by atoms with Gasteiger partial charge < -0.3 is 16.0 Å². The largest absolute Gasteiger partial charge is 0.370 e. The highest BCUT2D eigenvalue weighted by atomic mass is 35.5. The van der Waals surface area contributed by atoms with Gasteiger partial charge in [-0.25, -0.2) is 4.98 Å². The lowest BCUT2D eigenvalue weighted by Gasteiger charge is -2.26. The molecule has 5 nitrogen and oxygen atoms in total. The molecule has 132 valence electrons. The Labute approximate surface area is 151 Å². The third kappa shape index (κ3) is 6.16. The quantitative estimate of drug-likeness (QED) is 0.652. The monoisotopic (exact) mass is 362 g/mol. The van der Waals surface area contributed by atoms with Crippen LogP contribution in [0.1, 0.15) is 38.2 Å². The lowest BCUT2D eigenvalue weighted by atomic mass is 9.93. The number of carbonyl (C=O) groups excluding carboxylic acids is 1. The molecule has 1 aromatic rings. The summed E-state index contributed by atoms with van der Waals surface area (Å²) in [6.07, 6.45) is 5.62. The summed E-state index contributed by atoms with van der Waals surface area (Å²) in [7, 11) is 0. The third-order valence-corrected chi connectivity index (χ3v) is 4.14. The minimum atomic E-state index is -0.327. The van der Waals surface area contributed by atoms with Crippen LogP contribution in [0.25, 0.3) is 0 Å². The first-order chi connectivity index (χ1) is 10.2. The van der Waals surface area contributed by atoms with Crippen molar-refractivity contribution in [3.8, 4) is 0 Å². The summed E-state index contributed by atoms with van der Waals surface area (Å²) in [6.45, 7) is 6.54. The van der Waals surface area contributed by atoms with E-state index >= 15 is 0 Å². The number of nitrogens with one attached hydrogen (secondary N) is 3. The molecule has 1 aliphatic heterocycles. The molecule has 1 aromatic heterocycles. The molecule has 7 heteroatoms. The van der Waals surface area contributed by atoms with E-state index in [9.17, 15) is 4.79 Å². The number of amides is 1. The first-order valence-electron chi connectivity index (χ1n) is 7.86. The maximum atomic E-state index is 12.3. The molecule has 3 N–H and O–H groups in total. The zero-order chi connectivity index (χ0) is 15.1. The Balaban J connectivity index is 0.00000242. The molecule has 0 aliphatic carbocycles. The summed E-state index contributed by atoms with van der Waals surface area (Å²) in [4.78, 5) is 16.6. The average molecular weight is 363 g/mol. The molecular weight excluding hydrogens is 335 g/mol. The first kappa shape index (κ1) is 22.0. The fraction of sp³-hybridized carbons (Fsp3) is 0.625. The minimum Gasteiger partial charge on any atom is -0.370 e. The number of aryl methyl sites for hydroxylation is 1. The van der Waals surface area contributed by atoms with Gasteiger partial charge in [-0.15, -0.1) is 24.8 Å². The van der Waals surface area contributed by atoms with Crippen molar-refractivity contribution >= 4 is 36.5 Å². The Hall–Kier alpha value is -1.04. The second-order valence-electron chi connectivity index (χ2n) is 5.72. The number of rotatable bonds is 7. The highest BCUT2D eigenvalue weighted by Crippen LogP contribution is 2.22. The van der Waals surface area contributed by atoms with E-state index in [0.29, 0.717) is 6.54 Å². The number of hydrogen-bond acceptors (Lipinski definition) is 4. The zero-order valence-electron chi connectivity index (χ0n) is 13.9. The molecule has 1 saturated heterocycles. The molecule has 0 bridgehead atoms. The van der Waals surface area contributed by atoms with Crippen molar-refractivity contribution in [2.45, 2.75) is 45.1 Å². The van der Waals surface area contributed by atoms with Crippen LogP contribution in [-0.2, 0) is 4.79 Å². The van der Waals surface area contributed by atoms with E-state index < -0.39 is 0 Å². The normalized spacial score (nSPS) is 19.4. The molecule has 2 heterocycles.